The maximum atomic E-state index is 8.66. The second kappa shape index (κ2) is 4.18. The monoisotopic (exact) mass is 170 g/mol. The van der Waals surface area contributed by atoms with Crippen molar-refractivity contribution < 1.29 is 0 Å². The largest absolute Gasteiger partial charge is 0.399 e. The van der Waals surface area contributed by atoms with E-state index in [1.807, 2.05) is 13.0 Å². The van der Waals surface area contributed by atoms with Crippen LogP contribution < -0.4 is 5.73 Å². The van der Waals surface area contributed by atoms with E-state index in [9.17, 15) is 0 Å². The van der Waals surface area contributed by atoms with E-state index in [1.54, 1.807) is 18.2 Å². The maximum Gasteiger partial charge on any atom is 0.0992 e. The van der Waals surface area contributed by atoms with E-state index >= 15 is 0 Å². The SMILES string of the molecule is CCC#Cc1cc(N)cc(C#N)c1. The smallest absolute Gasteiger partial charge is 0.0992 e. The Morgan fingerprint density at radius 2 is 2.00 bits per heavy atom. The number of nitriles is 1. The van der Waals surface area contributed by atoms with Crippen molar-refractivity contribution in [1.82, 2.24) is 0 Å². The highest BCUT2D eigenvalue weighted by Crippen LogP contribution is 2.10. The van der Waals surface area contributed by atoms with Crippen LogP contribution >= 0.6 is 0 Å². The van der Waals surface area contributed by atoms with Gasteiger partial charge in [-0.3, -0.25) is 0 Å². The Balaban J connectivity index is 3.10. The zero-order valence-corrected chi connectivity index (χ0v) is 7.46. The van der Waals surface area contributed by atoms with E-state index < -0.39 is 0 Å². The van der Waals surface area contributed by atoms with E-state index in [0.29, 0.717) is 11.3 Å². The van der Waals surface area contributed by atoms with Gasteiger partial charge in [0.15, 0.2) is 0 Å². The first kappa shape index (κ1) is 9.16. The first-order valence-electron chi connectivity index (χ1n) is 4.05. The standard InChI is InChI=1S/C11H10N2/c1-2-3-4-9-5-10(8-12)7-11(13)6-9/h5-7H,2,13H2,1H3. The number of hydrogen-bond acceptors (Lipinski definition) is 2. The third-order valence-electron chi connectivity index (χ3n) is 1.49. The van der Waals surface area contributed by atoms with Crippen molar-refractivity contribution in [3.8, 4) is 17.9 Å². The molecule has 0 unspecified atom stereocenters. The normalized spacial score (nSPS) is 8.31. The summed E-state index contributed by atoms with van der Waals surface area (Å²) in [4.78, 5) is 0. The zero-order chi connectivity index (χ0) is 9.68. The molecule has 0 amide bonds. The summed E-state index contributed by atoms with van der Waals surface area (Å²) in [5.74, 6) is 5.86. The van der Waals surface area contributed by atoms with Gasteiger partial charge in [0.2, 0.25) is 0 Å². The average molecular weight is 170 g/mol. The lowest BCUT2D eigenvalue weighted by Gasteiger charge is -1.95. The van der Waals surface area contributed by atoms with Crippen molar-refractivity contribution in [2.24, 2.45) is 0 Å². The van der Waals surface area contributed by atoms with Crippen LogP contribution in [0.1, 0.15) is 24.5 Å². The Hall–Kier alpha value is -1.93. The summed E-state index contributed by atoms with van der Waals surface area (Å²) in [7, 11) is 0. The third kappa shape index (κ3) is 2.54. The highest BCUT2D eigenvalue weighted by Gasteiger charge is 1.94. The molecule has 0 aliphatic heterocycles. The second-order valence-corrected chi connectivity index (χ2v) is 2.61. The predicted octanol–water partition coefficient (Wildman–Crippen LogP) is 1.90. The molecule has 0 aliphatic carbocycles. The Morgan fingerprint density at radius 1 is 1.31 bits per heavy atom. The lowest BCUT2D eigenvalue weighted by Crippen LogP contribution is -1.88. The number of benzene rings is 1. The molecule has 1 aromatic rings. The van der Waals surface area contributed by atoms with E-state index in [4.69, 9.17) is 11.0 Å². The number of hydrogen-bond donors (Lipinski definition) is 1. The molecular weight excluding hydrogens is 160 g/mol. The molecule has 0 saturated heterocycles. The van der Waals surface area contributed by atoms with Gasteiger partial charge in [0.1, 0.15) is 0 Å². The molecule has 2 N–H and O–H groups in total. The minimum atomic E-state index is 0.556. The van der Waals surface area contributed by atoms with Gasteiger partial charge in [-0.15, -0.1) is 0 Å². The van der Waals surface area contributed by atoms with Gasteiger partial charge in [-0.2, -0.15) is 5.26 Å². The highest BCUT2D eigenvalue weighted by molar-refractivity contribution is 5.53. The minimum absolute atomic E-state index is 0.556. The van der Waals surface area contributed by atoms with Gasteiger partial charge in [-0.05, 0) is 18.2 Å². The molecule has 0 aliphatic rings. The van der Waals surface area contributed by atoms with E-state index in [2.05, 4.69) is 11.8 Å². The molecule has 2 nitrogen and oxygen atoms in total. The number of anilines is 1. The number of rotatable bonds is 0. The lowest BCUT2D eigenvalue weighted by molar-refractivity contribution is 1.28. The Bertz CT molecular complexity index is 402. The molecule has 2 heteroatoms. The summed E-state index contributed by atoms with van der Waals surface area (Å²) < 4.78 is 0. The number of nitrogen functional groups attached to an aromatic ring is 1. The van der Waals surface area contributed by atoms with Crippen LogP contribution in [0.5, 0.6) is 0 Å². The molecule has 0 heterocycles. The van der Waals surface area contributed by atoms with Crippen molar-refractivity contribution in [3.63, 3.8) is 0 Å². The van der Waals surface area contributed by atoms with Crippen molar-refractivity contribution in [2.75, 3.05) is 5.73 Å². The van der Waals surface area contributed by atoms with Crippen LogP contribution in [0.15, 0.2) is 18.2 Å². The van der Waals surface area contributed by atoms with Crippen LogP contribution in [0.3, 0.4) is 0 Å². The lowest BCUT2D eigenvalue weighted by atomic mass is 10.1. The van der Waals surface area contributed by atoms with Gasteiger partial charge in [-0.25, -0.2) is 0 Å². The second-order valence-electron chi connectivity index (χ2n) is 2.61. The molecule has 0 atom stereocenters. The van der Waals surface area contributed by atoms with Crippen molar-refractivity contribution in [1.29, 1.82) is 5.26 Å². The molecule has 0 fully saturated rings. The fourth-order valence-electron chi connectivity index (χ4n) is 0.979. The number of nitrogens with two attached hydrogens (primary N) is 1. The quantitative estimate of drug-likeness (QED) is 0.477. The highest BCUT2D eigenvalue weighted by atomic mass is 14.5. The summed E-state index contributed by atoms with van der Waals surface area (Å²) in [5.41, 5.74) is 7.53. The summed E-state index contributed by atoms with van der Waals surface area (Å²) >= 11 is 0. The van der Waals surface area contributed by atoms with Gasteiger partial charge in [0.05, 0.1) is 11.6 Å². The third-order valence-corrected chi connectivity index (χ3v) is 1.49. The summed E-state index contributed by atoms with van der Waals surface area (Å²) in [6, 6.07) is 7.18. The first-order valence-corrected chi connectivity index (χ1v) is 4.05. The van der Waals surface area contributed by atoms with Gasteiger partial charge < -0.3 is 5.73 Å². The van der Waals surface area contributed by atoms with Crippen LogP contribution in [0, 0.1) is 23.2 Å². The van der Waals surface area contributed by atoms with Crippen LogP contribution in [0.25, 0.3) is 0 Å². The average Bonchev–Trinajstić information content (AvgIpc) is 2.14. The van der Waals surface area contributed by atoms with E-state index in [0.717, 1.165) is 12.0 Å². The van der Waals surface area contributed by atoms with Crippen LogP contribution in [0.2, 0.25) is 0 Å². The maximum absolute atomic E-state index is 8.66. The Kier molecular flexibility index (Phi) is 2.95. The molecule has 13 heavy (non-hydrogen) atoms. The van der Waals surface area contributed by atoms with Gasteiger partial charge in [-0.1, -0.05) is 18.8 Å². The van der Waals surface area contributed by atoms with Crippen LogP contribution in [-0.2, 0) is 0 Å². The summed E-state index contributed by atoms with van der Waals surface area (Å²) in [6.07, 6.45) is 0.802. The van der Waals surface area contributed by atoms with Gasteiger partial charge >= 0.3 is 0 Å². The first-order chi connectivity index (χ1) is 6.26. The Labute approximate surface area is 78.0 Å². The van der Waals surface area contributed by atoms with Gasteiger partial charge in [0.25, 0.3) is 0 Å². The van der Waals surface area contributed by atoms with Crippen molar-refractivity contribution >= 4 is 5.69 Å². The van der Waals surface area contributed by atoms with E-state index in [-0.39, 0.29) is 0 Å². The van der Waals surface area contributed by atoms with Crippen LogP contribution in [0.4, 0.5) is 5.69 Å². The molecule has 0 radical (unpaired) electrons. The minimum Gasteiger partial charge on any atom is -0.399 e. The topological polar surface area (TPSA) is 49.8 Å². The van der Waals surface area contributed by atoms with Gasteiger partial charge in [0, 0.05) is 17.7 Å². The van der Waals surface area contributed by atoms with Crippen molar-refractivity contribution in [2.45, 2.75) is 13.3 Å². The van der Waals surface area contributed by atoms with E-state index in [1.165, 1.54) is 0 Å². The molecule has 0 saturated carbocycles. The molecular formula is C11H10N2. The summed E-state index contributed by atoms with van der Waals surface area (Å²) in [5, 5.41) is 8.66. The zero-order valence-electron chi connectivity index (χ0n) is 7.46. The predicted molar refractivity (Wildman–Crippen MR) is 52.7 cm³/mol. The fourth-order valence-corrected chi connectivity index (χ4v) is 0.979. The fraction of sp³-hybridized carbons (Fsp3) is 0.182. The molecule has 1 rings (SSSR count). The Morgan fingerprint density at radius 3 is 2.62 bits per heavy atom. The van der Waals surface area contributed by atoms with Crippen LogP contribution in [-0.4, -0.2) is 0 Å². The van der Waals surface area contributed by atoms with Crippen molar-refractivity contribution in [3.05, 3.63) is 29.3 Å². The number of nitrogens with zero attached hydrogens (tertiary/aromatic N) is 1. The molecule has 0 spiro atoms. The molecule has 0 aromatic heterocycles. The molecule has 0 bridgehead atoms. The molecule has 64 valence electrons. The molecule has 1 aromatic carbocycles. The summed E-state index contributed by atoms with van der Waals surface area (Å²) in [6.45, 7) is 1.98.